The second-order valence-corrected chi connectivity index (χ2v) is 3.33. The summed E-state index contributed by atoms with van der Waals surface area (Å²) < 4.78 is 5.07. The zero-order valence-electron chi connectivity index (χ0n) is 9.62. The average Bonchev–Trinajstić information content (AvgIpc) is 2.93. The average molecular weight is 245 g/mol. The smallest absolute Gasteiger partial charge is 0.293 e. The van der Waals surface area contributed by atoms with Gasteiger partial charge in [-0.05, 0) is 17.7 Å². The van der Waals surface area contributed by atoms with Gasteiger partial charge in [-0.3, -0.25) is 4.79 Å². The summed E-state index contributed by atoms with van der Waals surface area (Å²) in [6.45, 7) is 0. The van der Waals surface area contributed by atoms with Gasteiger partial charge >= 0.3 is 0 Å². The normalized spacial score (nSPS) is 10.5. The van der Waals surface area contributed by atoms with E-state index in [0.717, 1.165) is 11.3 Å². The Balaban J connectivity index is 1.97. The van der Waals surface area contributed by atoms with Crippen molar-refractivity contribution in [3.8, 4) is 5.75 Å². The van der Waals surface area contributed by atoms with E-state index in [2.05, 4.69) is 25.9 Å². The first kappa shape index (κ1) is 11.8. The summed E-state index contributed by atoms with van der Waals surface area (Å²) in [6, 6.07) is 7.30. The van der Waals surface area contributed by atoms with Crippen molar-refractivity contribution in [2.24, 2.45) is 5.10 Å². The van der Waals surface area contributed by atoms with Gasteiger partial charge in [0.1, 0.15) is 5.75 Å². The maximum atomic E-state index is 11.4. The van der Waals surface area contributed by atoms with E-state index in [4.69, 9.17) is 4.74 Å². The Kier molecular flexibility index (Phi) is 3.65. The molecule has 18 heavy (non-hydrogen) atoms. The molecule has 92 valence electrons. The summed E-state index contributed by atoms with van der Waals surface area (Å²) in [6.07, 6.45) is 2.83. The van der Waals surface area contributed by atoms with Gasteiger partial charge < -0.3 is 4.74 Å². The largest absolute Gasteiger partial charge is 0.497 e. The molecule has 1 amide bonds. The fourth-order valence-electron chi connectivity index (χ4n) is 1.26. The first-order valence-electron chi connectivity index (χ1n) is 5.13. The highest BCUT2D eigenvalue weighted by Crippen LogP contribution is 2.10. The Labute approximate surface area is 103 Å². The minimum Gasteiger partial charge on any atom is -0.497 e. The molecular weight excluding hydrogens is 234 g/mol. The minimum atomic E-state index is -0.428. The third kappa shape index (κ3) is 2.91. The lowest BCUT2D eigenvalue weighted by molar-refractivity contribution is 0.0950. The molecule has 0 aliphatic heterocycles. The van der Waals surface area contributed by atoms with Gasteiger partial charge in [0.2, 0.25) is 0 Å². The van der Waals surface area contributed by atoms with Crippen LogP contribution in [0.2, 0.25) is 0 Å². The van der Waals surface area contributed by atoms with Crippen molar-refractivity contribution < 1.29 is 9.53 Å². The third-order valence-electron chi connectivity index (χ3n) is 2.12. The van der Waals surface area contributed by atoms with E-state index in [-0.39, 0.29) is 5.69 Å². The fourth-order valence-corrected chi connectivity index (χ4v) is 1.26. The monoisotopic (exact) mass is 245 g/mol. The Bertz CT molecular complexity index is 550. The minimum absolute atomic E-state index is 0.179. The number of ether oxygens (including phenoxy) is 1. The van der Waals surface area contributed by atoms with Crippen LogP contribution in [0.25, 0.3) is 0 Å². The highest BCUT2D eigenvalue weighted by molar-refractivity contribution is 5.92. The number of methoxy groups -OCH3 is 1. The van der Waals surface area contributed by atoms with E-state index in [1.807, 2.05) is 18.2 Å². The Morgan fingerprint density at radius 1 is 1.56 bits per heavy atom. The number of benzene rings is 1. The molecule has 1 heterocycles. The van der Waals surface area contributed by atoms with Gasteiger partial charge in [-0.1, -0.05) is 12.1 Å². The van der Waals surface area contributed by atoms with Crippen molar-refractivity contribution >= 4 is 12.1 Å². The van der Waals surface area contributed by atoms with Gasteiger partial charge in [0, 0.05) is 0 Å². The van der Waals surface area contributed by atoms with Crippen molar-refractivity contribution in [2.45, 2.75) is 0 Å². The van der Waals surface area contributed by atoms with Gasteiger partial charge in [0.25, 0.3) is 5.91 Å². The number of hydrogen-bond acceptors (Lipinski definition) is 5. The number of nitrogens with one attached hydrogen (secondary N) is 2. The SMILES string of the molecule is COc1cccc(C=NNC(=O)c2cn[nH]n2)c1. The summed E-state index contributed by atoms with van der Waals surface area (Å²) in [5.74, 6) is 0.296. The molecule has 1 aromatic carbocycles. The molecule has 0 aliphatic rings. The maximum absolute atomic E-state index is 11.4. The summed E-state index contributed by atoms with van der Waals surface area (Å²) in [5.41, 5.74) is 3.33. The molecule has 0 unspecified atom stereocenters. The van der Waals surface area contributed by atoms with E-state index >= 15 is 0 Å². The molecule has 2 rings (SSSR count). The lowest BCUT2D eigenvalue weighted by Gasteiger charge is -1.99. The van der Waals surface area contributed by atoms with E-state index in [1.54, 1.807) is 13.2 Å². The van der Waals surface area contributed by atoms with Crippen LogP contribution in [0.5, 0.6) is 5.75 Å². The molecule has 0 fully saturated rings. The topological polar surface area (TPSA) is 92.3 Å². The Morgan fingerprint density at radius 3 is 3.17 bits per heavy atom. The van der Waals surface area contributed by atoms with Gasteiger partial charge in [-0.25, -0.2) is 5.43 Å². The molecule has 7 heteroatoms. The van der Waals surface area contributed by atoms with Crippen LogP contribution in [0, 0.1) is 0 Å². The van der Waals surface area contributed by atoms with Crippen LogP contribution < -0.4 is 10.2 Å². The predicted molar refractivity (Wildman–Crippen MR) is 64.4 cm³/mol. The molecule has 0 atom stereocenters. The van der Waals surface area contributed by atoms with Crippen LogP contribution in [0.15, 0.2) is 35.6 Å². The number of aromatic amines is 1. The number of hydrogen-bond donors (Lipinski definition) is 2. The number of carbonyl (C=O) groups excluding carboxylic acids is 1. The summed E-state index contributed by atoms with van der Waals surface area (Å²) >= 11 is 0. The van der Waals surface area contributed by atoms with Crippen molar-refractivity contribution in [3.05, 3.63) is 41.7 Å². The molecular formula is C11H11N5O2. The lowest BCUT2D eigenvalue weighted by atomic mass is 10.2. The van der Waals surface area contributed by atoms with Crippen molar-refractivity contribution in [2.75, 3.05) is 7.11 Å². The number of rotatable bonds is 4. The van der Waals surface area contributed by atoms with Crippen LogP contribution in [0.4, 0.5) is 0 Å². The van der Waals surface area contributed by atoms with Gasteiger partial charge in [-0.15, -0.1) is 0 Å². The van der Waals surface area contributed by atoms with Crippen LogP contribution in [-0.4, -0.2) is 34.6 Å². The number of nitrogens with zero attached hydrogens (tertiary/aromatic N) is 3. The van der Waals surface area contributed by atoms with Gasteiger partial charge in [0.05, 0.1) is 19.5 Å². The van der Waals surface area contributed by atoms with Crippen LogP contribution in [0.3, 0.4) is 0 Å². The number of H-pyrrole nitrogens is 1. The van der Waals surface area contributed by atoms with Crippen LogP contribution in [0.1, 0.15) is 16.1 Å². The summed E-state index contributed by atoms with van der Waals surface area (Å²) in [5, 5.41) is 13.3. The highest BCUT2D eigenvalue weighted by atomic mass is 16.5. The van der Waals surface area contributed by atoms with Gasteiger partial charge in [-0.2, -0.15) is 20.5 Å². The second kappa shape index (κ2) is 5.58. The Morgan fingerprint density at radius 2 is 2.44 bits per heavy atom. The summed E-state index contributed by atoms with van der Waals surface area (Å²) in [4.78, 5) is 11.4. The molecule has 0 bridgehead atoms. The molecule has 0 aliphatic carbocycles. The van der Waals surface area contributed by atoms with Crippen molar-refractivity contribution in [3.63, 3.8) is 0 Å². The zero-order valence-corrected chi connectivity index (χ0v) is 9.62. The Hall–Kier alpha value is -2.70. The molecule has 0 spiro atoms. The third-order valence-corrected chi connectivity index (χ3v) is 2.12. The molecule has 2 aromatic rings. The van der Waals surface area contributed by atoms with E-state index in [1.165, 1.54) is 12.4 Å². The van der Waals surface area contributed by atoms with Crippen LogP contribution >= 0.6 is 0 Å². The van der Waals surface area contributed by atoms with Crippen molar-refractivity contribution in [1.29, 1.82) is 0 Å². The number of hydrazone groups is 1. The van der Waals surface area contributed by atoms with E-state index in [9.17, 15) is 4.79 Å². The molecule has 0 saturated carbocycles. The van der Waals surface area contributed by atoms with Crippen LogP contribution in [-0.2, 0) is 0 Å². The number of aromatic nitrogens is 3. The standard InChI is InChI=1S/C11H11N5O2/c1-18-9-4-2-3-8(5-9)6-12-15-11(17)10-7-13-16-14-10/h2-7H,1H3,(H,15,17)(H,13,14,16). The maximum Gasteiger partial charge on any atom is 0.293 e. The van der Waals surface area contributed by atoms with Gasteiger partial charge in [0.15, 0.2) is 5.69 Å². The quantitative estimate of drug-likeness (QED) is 0.608. The molecule has 7 nitrogen and oxygen atoms in total. The van der Waals surface area contributed by atoms with E-state index < -0.39 is 5.91 Å². The lowest BCUT2D eigenvalue weighted by Crippen LogP contribution is -2.18. The number of carbonyl (C=O) groups is 1. The summed E-state index contributed by atoms with van der Waals surface area (Å²) in [7, 11) is 1.59. The second-order valence-electron chi connectivity index (χ2n) is 3.33. The zero-order chi connectivity index (χ0) is 12.8. The molecule has 0 radical (unpaired) electrons. The molecule has 1 aromatic heterocycles. The number of amides is 1. The first-order valence-corrected chi connectivity index (χ1v) is 5.13. The fraction of sp³-hybridized carbons (Fsp3) is 0.0909. The molecule has 2 N–H and O–H groups in total. The molecule has 0 saturated heterocycles. The highest BCUT2D eigenvalue weighted by Gasteiger charge is 2.05. The first-order chi connectivity index (χ1) is 8.79. The van der Waals surface area contributed by atoms with Crippen molar-refractivity contribution in [1.82, 2.24) is 20.8 Å². The van der Waals surface area contributed by atoms with E-state index in [0.29, 0.717) is 0 Å². The predicted octanol–water partition coefficient (Wildman–Crippen LogP) is 0.577.